The highest BCUT2D eigenvalue weighted by Gasteiger charge is 2.06. The number of nitrogens with two attached hydrogens (primary N) is 1. The molecule has 2 rings (SSSR count). The van der Waals surface area contributed by atoms with Gasteiger partial charge in [0.2, 0.25) is 5.89 Å². The van der Waals surface area contributed by atoms with Crippen LogP contribution in [0.3, 0.4) is 0 Å². The van der Waals surface area contributed by atoms with Crippen molar-refractivity contribution in [2.75, 3.05) is 12.1 Å². The van der Waals surface area contributed by atoms with Gasteiger partial charge >= 0.3 is 0 Å². The Labute approximate surface area is 107 Å². The van der Waals surface area contributed by atoms with Gasteiger partial charge in [0.15, 0.2) is 0 Å². The van der Waals surface area contributed by atoms with Gasteiger partial charge in [-0.05, 0) is 24.1 Å². The zero-order valence-electron chi connectivity index (χ0n) is 10.6. The van der Waals surface area contributed by atoms with Crippen LogP contribution in [-0.4, -0.2) is 12.0 Å². The van der Waals surface area contributed by atoms with E-state index in [1.54, 1.807) is 17.5 Å². The van der Waals surface area contributed by atoms with Crippen LogP contribution in [0.15, 0.2) is 35.1 Å². The van der Waals surface area contributed by atoms with E-state index < -0.39 is 0 Å². The normalized spacial score (nSPS) is 11.1. The molecule has 0 saturated carbocycles. The Morgan fingerprint density at radius 1 is 1.39 bits per heavy atom. The molecule has 1 aromatic carbocycles. The lowest BCUT2D eigenvalue weighted by Gasteiger charge is -2.17. The molecule has 0 saturated heterocycles. The largest absolute Gasteiger partial charge is 0.445 e. The molecule has 1 heterocycles. The lowest BCUT2D eigenvalue weighted by Crippen LogP contribution is -2.26. The van der Waals surface area contributed by atoms with Crippen LogP contribution < -0.4 is 10.9 Å². The lowest BCUT2D eigenvalue weighted by atomic mass is 10.0. The highest BCUT2D eigenvalue weighted by Crippen LogP contribution is 2.24. The fourth-order valence-electron chi connectivity index (χ4n) is 1.88. The first-order chi connectivity index (χ1) is 8.72. The summed E-state index contributed by atoms with van der Waals surface area (Å²) < 4.78 is 5.19. The summed E-state index contributed by atoms with van der Waals surface area (Å²) in [6.07, 6.45) is 7.97. The van der Waals surface area contributed by atoms with Crippen molar-refractivity contribution in [1.82, 2.24) is 4.98 Å². The highest BCUT2D eigenvalue weighted by molar-refractivity contribution is 5.77. The quantitative estimate of drug-likeness (QED) is 0.662. The van der Waals surface area contributed by atoms with E-state index >= 15 is 0 Å². The summed E-state index contributed by atoms with van der Waals surface area (Å²) >= 11 is 0. The van der Waals surface area contributed by atoms with Gasteiger partial charge in [-0.1, -0.05) is 19.1 Å². The highest BCUT2D eigenvalue weighted by atomic mass is 16.3. The van der Waals surface area contributed by atoms with Crippen LogP contribution in [0.25, 0.3) is 12.2 Å². The van der Waals surface area contributed by atoms with E-state index in [9.17, 15) is 0 Å². The topological polar surface area (TPSA) is 55.3 Å². The fourth-order valence-corrected chi connectivity index (χ4v) is 1.88. The number of rotatable bonds is 4. The van der Waals surface area contributed by atoms with Crippen molar-refractivity contribution in [2.24, 2.45) is 5.84 Å². The maximum absolute atomic E-state index is 5.85. The van der Waals surface area contributed by atoms with Crippen molar-refractivity contribution >= 4 is 17.8 Å². The monoisotopic (exact) mass is 243 g/mol. The molecule has 0 amide bonds. The van der Waals surface area contributed by atoms with Crippen molar-refractivity contribution in [3.63, 3.8) is 0 Å². The van der Waals surface area contributed by atoms with Crippen molar-refractivity contribution in [2.45, 2.75) is 13.3 Å². The van der Waals surface area contributed by atoms with Crippen molar-refractivity contribution in [3.05, 3.63) is 47.7 Å². The summed E-state index contributed by atoms with van der Waals surface area (Å²) in [6.45, 7) is 2.12. The zero-order valence-corrected chi connectivity index (χ0v) is 10.6. The van der Waals surface area contributed by atoms with E-state index in [1.807, 2.05) is 31.3 Å². The van der Waals surface area contributed by atoms with E-state index in [4.69, 9.17) is 10.3 Å². The lowest BCUT2D eigenvalue weighted by molar-refractivity contribution is 0.547. The van der Waals surface area contributed by atoms with Gasteiger partial charge in [-0.2, -0.15) is 0 Å². The van der Waals surface area contributed by atoms with Crippen LogP contribution in [0.1, 0.15) is 23.9 Å². The minimum atomic E-state index is 0.589. The number of anilines is 1. The number of hydrogen-bond acceptors (Lipinski definition) is 4. The van der Waals surface area contributed by atoms with Crippen LogP contribution in [0.2, 0.25) is 0 Å². The minimum Gasteiger partial charge on any atom is -0.445 e. The van der Waals surface area contributed by atoms with Gasteiger partial charge in [0.05, 0.1) is 11.9 Å². The Bertz CT molecular complexity index is 530. The summed E-state index contributed by atoms with van der Waals surface area (Å²) in [4.78, 5) is 4.06. The second-order valence-electron chi connectivity index (χ2n) is 4.02. The van der Waals surface area contributed by atoms with Gasteiger partial charge in [0.1, 0.15) is 6.26 Å². The van der Waals surface area contributed by atoms with Crippen LogP contribution in [0.5, 0.6) is 0 Å². The van der Waals surface area contributed by atoms with Crippen LogP contribution in [0.4, 0.5) is 5.69 Å². The number of aryl methyl sites for hydroxylation is 1. The molecule has 18 heavy (non-hydrogen) atoms. The predicted octanol–water partition coefficient (Wildman–Crippen LogP) is 2.72. The second-order valence-corrected chi connectivity index (χ2v) is 4.02. The Morgan fingerprint density at radius 3 is 2.83 bits per heavy atom. The number of aromatic nitrogens is 1. The molecule has 0 aliphatic carbocycles. The van der Waals surface area contributed by atoms with E-state index in [0.717, 1.165) is 17.7 Å². The van der Waals surface area contributed by atoms with Crippen molar-refractivity contribution in [1.29, 1.82) is 0 Å². The summed E-state index contributed by atoms with van der Waals surface area (Å²) in [7, 11) is 1.83. The van der Waals surface area contributed by atoms with E-state index in [-0.39, 0.29) is 0 Å². The van der Waals surface area contributed by atoms with Gasteiger partial charge in [-0.25, -0.2) is 10.8 Å². The first kappa shape index (κ1) is 12.4. The van der Waals surface area contributed by atoms with Crippen LogP contribution >= 0.6 is 0 Å². The molecule has 0 unspecified atom stereocenters. The van der Waals surface area contributed by atoms with Crippen LogP contribution in [-0.2, 0) is 6.42 Å². The second kappa shape index (κ2) is 5.51. The Morgan fingerprint density at radius 2 is 2.22 bits per heavy atom. The van der Waals surface area contributed by atoms with Gasteiger partial charge in [0, 0.05) is 18.7 Å². The summed E-state index contributed by atoms with van der Waals surface area (Å²) in [5.41, 5.74) is 3.33. The third-order valence-electron chi connectivity index (χ3n) is 2.78. The van der Waals surface area contributed by atoms with Gasteiger partial charge in [-0.15, -0.1) is 0 Å². The molecule has 2 aromatic rings. The summed E-state index contributed by atoms with van der Waals surface area (Å²) in [6, 6.07) is 6.11. The predicted molar refractivity (Wildman–Crippen MR) is 73.8 cm³/mol. The zero-order chi connectivity index (χ0) is 13.0. The van der Waals surface area contributed by atoms with Gasteiger partial charge < -0.3 is 9.43 Å². The molecule has 0 radical (unpaired) electrons. The first-order valence-corrected chi connectivity index (χ1v) is 5.90. The van der Waals surface area contributed by atoms with Crippen molar-refractivity contribution in [3.8, 4) is 0 Å². The smallest absolute Gasteiger partial charge is 0.218 e. The van der Waals surface area contributed by atoms with Gasteiger partial charge in [0.25, 0.3) is 0 Å². The molecule has 0 atom stereocenters. The molecule has 0 aliphatic heterocycles. The number of hydrazine groups is 1. The number of nitrogens with zero attached hydrogens (tertiary/aromatic N) is 2. The Hall–Kier alpha value is -2.07. The van der Waals surface area contributed by atoms with Crippen LogP contribution in [0, 0.1) is 0 Å². The number of oxazole rings is 1. The average molecular weight is 243 g/mol. The standard InChI is InChI=1S/C14H17N3O/c1-3-11-5-4-6-13(17(2)15)12(11)7-8-14-16-9-10-18-14/h4-10H,3,15H2,1-2H3/b8-7+. The first-order valence-electron chi connectivity index (χ1n) is 5.90. The summed E-state index contributed by atoms with van der Waals surface area (Å²) in [5.74, 6) is 6.44. The molecule has 4 nitrogen and oxygen atoms in total. The Balaban J connectivity index is 2.41. The SMILES string of the molecule is CCc1cccc(N(C)N)c1/C=C/c1ncco1. The average Bonchev–Trinajstić information content (AvgIpc) is 2.88. The molecule has 4 heteroatoms. The maximum atomic E-state index is 5.85. The van der Waals surface area contributed by atoms with E-state index in [0.29, 0.717) is 5.89 Å². The number of hydrogen-bond donors (Lipinski definition) is 1. The molecule has 0 aliphatic rings. The van der Waals surface area contributed by atoms with Gasteiger partial charge in [-0.3, -0.25) is 0 Å². The molecular formula is C14H17N3O. The minimum absolute atomic E-state index is 0.589. The molecule has 2 N–H and O–H groups in total. The molecule has 94 valence electrons. The summed E-state index contributed by atoms with van der Waals surface area (Å²) in [5, 5.41) is 1.62. The Kier molecular flexibility index (Phi) is 3.79. The van der Waals surface area contributed by atoms with Crippen molar-refractivity contribution < 1.29 is 4.42 Å². The molecule has 0 fully saturated rings. The molecule has 0 bridgehead atoms. The maximum Gasteiger partial charge on any atom is 0.218 e. The van der Waals surface area contributed by atoms with E-state index in [2.05, 4.69) is 18.0 Å². The molecule has 0 spiro atoms. The number of benzene rings is 1. The van der Waals surface area contributed by atoms with E-state index in [1.165, 1.54) is 5.56 Å². The fraction of sp³-hybridized carbons (Fsp3) is 0.214. The molecular weight excluding hydrogens is 226 g/mol. The third-order valence-corrected chi connectivity index (χ3v) is 2.78. The third kappa shape index (κ3) is 2.60. The molecule has 1 aromatic heterocycles.